The number of carbonyl (C=O) groups is 1. The number of thiophene rings is 1. The molecule has 3 atom stereocenters. The second-order valence-corrected chi connectivity index (χ2v) is 8.12. The van der Waals surface area contributed by atoms with Crippen molar-refractivity contribution in [3.05, 3.63) is 21.4 Å². The Labute approximate surface area is 141 Å². The normalized spacial score (nSPS) is 33.4. The lowest BCUT2D eigenvalue weighted by atomic mass is 9.79. The fraction of sp³-hybridized carbons (Fsp3) is 0.722. The number of methoxy groups -OCH3 is 1. The maximum absolute atomic E-state index is 13.2. The molecule has 1 saturated carbocycles. The summed E-state index contributed by atoms with van der Waals surface area (Å²) in [5.74, 6) is 0.163. The van der Waals surface area contributed by atoms with Crippen molar-refractivity contribution in [2.75, 3.05) is 13.7 Å². The first kappa shape index (κ1) is 15.6. The van der Waals surface area contributed by atoms with Gasteiger partial charge in [-0.25, -0.2) is 0 Å². The zero-order valence-electron chi connectivity index (χ0n) is 13.7. The van der Waals surface area contributed by atoms with Gasteiger partial charge < -0.3 is 14.7 Å². The Hall–Kier alpha value is -0.910. The highest BCUT2D eigenvalue weighted by molar-refractivity contribution is 7.12. The fourth-order valence-corrected chi connectivity index (χ4v) is 5.86. The van der Waals surface area contributed by atoms with Gasteiger partial charge in [-0.1, -0.05) is 0 Å². The number of carbonyl (C=O) groups excluding carboxylic acids is 1. The summed E-state index contributed by atoms with van der Waals surface area (Å²) in [5, 5.41) is 12.3. The van der Waals surface area contributed by atoms with Crippen molar-refractivity contribution in [3.63, 3.8) is 0 Å². The lowest BCUT2D eigenvalue weighted by molar-refractivity contribution is -0.0824. The number of aryl methyl sites for hydroxylation is 1. The number of fused-ring (bicyclic) bond motifs is 2. The molecule has 4 rings (SSSR count). The summed E-state index contributed by atoms with van der Waals surface area (Å²) in [5.41, 5.74) is 2.43. The van der Waals surface area contributed by atoms with Crippen molar-refractivity contribution in [1.29, 1.82) is 0 Å². The summed E-state index contributed by atoms with van der Waals surface area (Å²) in [7, 11) is 1.76. The van der Waals surface area contributed by atoms with E-state index in [-0.39, 0.29) is 23.7 Å². The molecule has 1 aliphatic heterocycles. The first-order valence-electron chi connectivity index (χ1n) is 8.78. The van der Waals surface area contributed by atoms with Gasteiger partial charge in [-0.15, -0.1) is 11.3 Å². The van der Waals surface area contributed by atoms with E-state index in [0.717, 1.165) is 43.5 Å². The predicted octanol–water partition coefficient (Wildman–Crippen LogP) is 2.77. The number of rotatable bonds is 2. The molecule has 0 unspecified atom stereocenters. The molecule has 2 aliphatic carbocycles. The van der Waals surface area contributed by atoms with Crippen LogP contribution in [0.25, 0.3) is 0 Å². The third-order valence-corrected chi connectivity index (χ3v) is 7.18. The van der Waals surface area contributed by atoms with Crippen molar-refractivity contribution in [1.82, 2.24) is 4.90 Å². The number of ether oxygens (including phenoxy) is 1. The standard InChI is InChI=1S/C18H25NO3S/c1-22-18-7-6-13(20)10-15(18)19(9-8-18)17(21)16-14-5-3-2-4-12(14)11-23-16/h11,13,15,20H,2-10H2,1H3/t13-,15-,18+/m1/s1. The third-order valence-electron chi connectivity index (χ3n) is 6.12. The molecule has 1 amide bonds. The minimum atomic E-state index is -0.311. The molecule has 1 aromatic heterocycles. The first-order valence-corrected chi connectivity index (χ1v) is 9.66. The second-order valence-electron chi connectivity index (χ2n) is 7.24. The van der Waals surface area contributed by atoms with Crippen molar-refractivity contribution < 1.29 is 14.6 Å². The number of aliphatic hydroxyl groups is 1. The van der Waals surface area contributed by atoms with Gasteiger partial charge in [0.05, 0.1) is 22.6 Å². The lowest BCUT2D eigenvalue weighted by Gasteiger charge is -2.42. The Bertz CT molecular complexity index is 613. The van der Waals surface area contributed by atoms with E-state index in [1.807, 2.05) is 4.90 Å². The van der Waals surface area contributed by atoms with Crippen molar-refractivity contribution in [2.24, 2.45) is 0 Å². The van der Waals surface area contributed by atoms with Gasteiger partial charge in [-0.2, -0.15) is 0 Å². The van der Waals surface area contributed by atoms with Crippen LogP contribution < -0.4 is 0 Å². The summed E-state index contributed by atoms with van der Waals surface area (Å²) in [6, 6.07) is 0.0186. The molecule has 0 radical (unpaired) electrons. The summed E-state index contributed by atoms with van der Waals surface area (Å²) in [6.07, 6.45) is 7.43. The van der Waals surface area contributed by atoms with Crippen LogP contribution in [-0.2, 0) is 17.6 Å². The van der Waals surface area contributed by atoms with Crippen LogP contribution in [0.1, 0.15) is 59.3 Å². The fourth-order valence-electron chi connectivity index (χ4n) is 4.75. The Kier molecular flexibility index (Phi) is 3.98. The Morgan fingerprint density at radius 1 is 1.39 bits per heavy atom. The van der Waals surface area contributed by atoms with Gasteiger partial charge in [0.15, 0.2) is 0 Å². The summed E-state index contributed by atoms with van der Waals surface area (Å²) in [4.78, 5) is 16.1. The summed E-state index contributed by atoms with van der Waals surface area (Å²) < 4.78 is 5.86. The maximum atomic E-state index is 13.2. The molecular weight excluding hydrogens is 310 g/mol. The molecule has 1 aromatic rings. The number of amides is 1. The molecular formula is C18H25NO3S. The summed E-state index contributed by atoms with van der Waals surface area (Å²) in [6.45, 7) is 0.747. The Morgan fingerprint density at radius 2 is 2.22 bits per heavy atom. The molecule has 2 heterocycles. The topological polar surface area (TPSA) is 49.8 Å². The number of hydrogen-bond donors (Lipinski definition) is 1. The largest absolute Gasteiger partial charge is 0.393 e. The molecule has 23 heavy (non-hydrogen) atoms. The average Bonchev–Trinajstić information content (AvgIpc) is 3.16. The minimum Gasteiger partial charge on any atom is -0.393 e. The number of aliphatic hydroxyl groups excluding tert-OH is 1. The summed E-state index contributed by atoms with van der Waals surface area (Å²) >= 11 is 1.61. The van der Waals surface area contributed by atoms with Gasteiger partial charge in [0.25, 0.3) is 5.91 Å². The van der Waals surface area contributed by atoms with Crippen LogP contribution in [0.15, 0.2) is 5.38 Å². The average molecular weight is 335 g/mol. The molecule has 4 nitrogen and oxygen atoms in total. The Balaban J connectivity index is 1.62. The lowest BCUT2D eigenvalue weighted by Crippen LogP contribution is -2.52. The highest BCUT2D eigenvalue weighted by Crippen LogP contribution is 2.43. The Morgan fingerprint density at radius 3 is 3.04 bits per heavy atom. The molecule has 3 aliphatic rings. The van der Waals surface area contributed by atoms with E-state index in [0.29, 0.717) is 6.42 Å². The van der Waals surface area contributed by atoms with Gasteiger partial charge in [0.2, 0.25) is 0 Å². The monoisotopic (exact) mass is 335 g/mol. The van der Waals surface area contributed by atoms with E-state index >= 15 is 0 Å². The molecule has 0 bridgehead atoms. The smallest absolute Gasteiger partial charge is 0.264 e. The van der Waals surface area contributed by atoms with E-state index in [1.165, 1.54) is 24.0 Å². The third kappa shape index (κ3) is 2.44. The van der Waals surface area contributed by atoms with Crippen molar-refractivity contribution >= 4 is 17.2 Å². The molecule has 0 aromatic carbocycles. The molecule has 2 fully saturated rings. The minimum absolute atomic E-state index is 0.0186. The number of likely N-dealkylation sites (tertiary alicyclic amines) is 1. The van der Waals surface area contributed by atoms with E-state index in [9.17, 15) is 9.90 Å². The number of hydrogen-bond acceptors (Lipinski definition) is 4. The van der Waals surface area contributed by atoms with Gasteiger partial charge in [-0.3, -0.25) is 4.79 Å². The zero-order chi connectivity index (χ0) is 16.0. The quantitative estimate of drug-likeness (QED) is 0.904. The van der Waals surface area contributed by atoms with Crippen LogP contribution in [0.2, 0.25) is 0 Å². The van der Waals surface area contributed by atoms with Crippen LogP contribution >= 0.6 is 11.3 Å². The van der Waals surface area contributed by atoms with Gasteiger partial charge in [-0.05, 0) is 67.9 Å². The van der Waals surface area contributed by atoms with Crippen LogP contribution in [0.5, 0.6) is 0 Å². The first-order chi connectivity index (χ1) is 11.1. The van der Waals surface area contributed by atoms with Crippen molar-refractivity contribution in [2.45, 2.75) is 69.1 Å². The maximum Gasteiger partial charge on any atom is 0.264 e. The SMILES string of the molecule is CO[C@]12CC[C@@H](O)C[C@H]1N(C(=O)c1scc3c1CCCC3)CC2. The van der Waals surface area contributed by atoms with E-state index in [2.05, 4.69) is 5.38 Å². The molecule has 0 spiro atoms. The number of nitrogens with zero attached hydrogens (tertiary/aromatic N) is 1. The second kappa shape index (κ2) is 5.87. The van der Waals surface area contributed by atoms with Gasteiger partial charge >= 0.3 is 0 Å². The molecule has 1 saturated heterocycles. The van der Waals surface area contributed by atoms with Gasteiger partial charge in [0.1, 0.15) is 0 Å². The van der Waals surface area contributed by atoms with E-state index in [4.69, 9.17) is 4.74 Å². The molecule has 5 heteroatoms. The van der Waals surface area contributed by atoms with Crippen molar-refractivity contribution in [3.8, 4) is 0 Å². The molecule has 126 valence electrons. The van der Waals surface area contributed by atoms with E-state index < -0.39 is 0 Å². The van der Waals surface area contributed by atoms with Crippen LogP contribution in [0, 0.1) is 0 Å². The predicted molar refractivity (Wildman–Crippen MR) is 90.0 cm³/mol. The van der Waals surface area contributed by atoms with Crippen LogP contribution in [-0.4, -0.2) is 47.3 Å². The van der Waals surface area contributed by atoms with Gasteiger partial charge in [0, 0.05) is 13.7 Å². The zero-order valence-corrected chi connectivity index (χ0v) is 14.5. The highest BCUT2D eigenvalue weighted by atomic mass is 32.1. The molecule has 1 N–H and O–H groups in total. The van der Waals surface area contributed by atoms with Crippen LogP contribution in [0.4, 0.5) is 0 Å². The van der Waals surface area contributed by atoms with E-state index in [1.54, 1.807) is 18.4 Å². The van der Waals surface area contributed by atoms with Crippen LogP contribution in [0.3, 0.4) is 0 Å². The highest BCUT2D eigenvalue weighted by Gasteiger charge is 2.52.